The van der Waals surface area contributed by atoms with Gasteiger partial charge in [0.05, 0.1) is 0 Å². The van der Waals surface area contributed by atoms with Gasteiger partial charge in [-0.3, -0.25) is 0 Å². The monoisotopic (exact) mass is 234 g/mol. The topological polar surface area (TPSA) is 81.6 Å². The van der Waals surface area contributed by atoms with Crippen molar-refractivity contribution in [1.82, 2.24) is 0 Å². The molecule has 0 aliphatic heterocycles. The van der Waals surface area contributed by atoms with E-state index in [0.29, 0.717) is 0 Å². The standard InChI is InChI=1S/C12H19N5/c1-3-17(4-2)11-7-5-10(6-8-11)9-15-16-12(13)14/h5-9H,3-4H2,1-2H3,(H4,13,14,16)/p+1/b15-9+. The van der Waals surface area contributed by atoms with E-state index >= 15 is 0 Å². The first-order chi connectivity index (χ1) is 8.17. The van der Waals surface area contributed by atoms with E-state index < -0.39 is 0 Å². The fourth-order valence-corrected chi connectivity index (χ4v) is 1.55. The van der Waals surface area contributed by atoms with E-state index in [-0.39, 0.29) is 5.96 Å². The molecule has 17 heavy (non-hydrogen) atoms. The van der Waals surface area contributed by atoms with Gasteiger partial charge in [-0.1, -0.05) is 0 Å². The number of hydrogen-bond acceptors (Lipinski definition) is 2. The molecule has 0 saturated heterocycles. The van der Waals surface area contributed by atoms with Crippen LogP contribution in [0.25, 0.3) is 0 Å². The molecule has 0 spiro atoms. The van der Waals surface area contributed by atoms with Crippen LogP contribution in [0.1, 0.15) is 19.4 Å². The maximum Gasteiger partial charge on any atom is 0.256 e. The molecule has 1 rings (SSSR count). The zero-order chi connectivity index (χ0) is 12.7. The molecule has 0 unspecified atom stereocenters. The third-order valence-corrected chi connectivity index (χ3v) is 2.45. The molecular formula is C12H20N5+. The molecule has 0 aliphatic rings. The van der Waals surface area contributed by atoms with Crippen molar-refractivity contribution in [3.63, 3.8) is 0 Å². The Morgan fingerprint density at radius 2 is 1.82 bits per heavy atom. The molecule has 0 fully saturated rings. The summed E-state index contributed by atoms with van der Waals surface area (Å²) in [4.78, 5) is 2.28. The summed E-state index contributed by atoms with van der Waals surface area (Å²) in [6.07, 6.45) is 1.74. The number of guanidine groups is 1. The first-order valence-corrected chi connectivity index (χ1v) is 5.69. The molecule has 5 N–H and O–H groups in total. The second-order valence-electron chi connectivity index (χ2n) is 3.57. The summed E-state index contributed by atoms with van der Waals surface area (Å²) in [5, 5.41) is 6.34. The highest BCUT2D eigenvalue weighted by Gasteiger charge is 2.00. The lowest BCUT2D eigenvalue weighted by molar-refractivity contribution is -0.456. The largest absolute Gasteiger partial charge is 0.372 e. The van der Waals surface area contributed by atoms with Gasteiger partial charge in [-0.2, -0.15) is 0 Å². The molecular weight excluding hydrogens is 214 g/mol. The fourth-order valence-electron chi connectivity index (χ4n) is 1.55. The Morgan fingerprint density at radius 1 is 1.24 bits per heavy atom. The van der Waals surface area contributed by atoms with Crippen molar-refractivity contribution in [2.45, 2.75) is 13.8 Å². The van der Waals surface area contributed by atoms with E-state index in [2.05, 4.69) is 41.1 Å². The van der Waals surface area contributed by atoms with Crippen molar-refractivity contribution >= 4 is 17.9 Å². The molecule has 0 aliphatic carbocycles. The minimum atomic E-state index is 0.0148. The minimum absolute atomic E-state index is 0.0148. The highest BCUT2D eigenvalue weighted by Crippen LogP contribution is 2.13. The first-order valence-electron chi connectivity index (χ1n) is 5.69. The third kappa shape index (κ3) is 4.14. The summed E-state index contributed by atoms with van der Waals surface area (Å²) in [5.41, 5.74) is 12.6. The highest BCUT2D eigenvalue weighted by molar-refractivity contribution is 5.77. The molecule has 0 atom stereocenters. The summed E-state index contributed by atoms with van der Waals surface area (Å²) in [6, 6.07) is 8.19. The quantitative estimate of drug-likeness (QED) is 0.355. The molecule has 5 heteroatoms. The Balaban J connectivity index is 2.74. The molecule has 92 valence electrons. The van der Waals surface area contributed by atoms with Crippen LogP contribution in [0.15, 0.2) is 29.4 Å². The molecule has 1 aromatic carbocycles. The second kappa shape index (κ2) is 6.52. The first kappa shape index (κ1) is 13.0. The number of anilines is 1. The Kier molecular flexibility index (Phi) is 5.00. The zero-order valence-electron chi connectivity index (χ0n) is 10.4. The molecule has 0 radical (unpaired) electrons. The zero-order valence-corrected chi connectivity index (χ0v) is 10.4. The van der Waals surface area contributed by atoms with Gasteiger partial charge < -0.3 is 16.4 Å². The van der Waals surface area contributed by atoms with Crippen molar-refractivity contribution in [1.29, 1.82) is 0 Å². The van der Waals surface area contributed by atoms with Crippen LogP contribution in [-0.2, 0) is 0 Å². The predicted molar refractivity (Wildman–Crippen MR) is 71.9 cm³/mol. The molecule has 0 amide bonds. The van der Waals surface area contributed by atoms with Gasteiger partial charge in [0.1, 0.15) is 0 Å². The maximum absolute atomic E-state index is 5.20. The van der Waals surface area contributed by atoms with Crippen LogP contribution in [0.2, 0.25) is 0 Å². The highest BCUT2D eigenvalue weighted by atomic mass is 15.3. The molecule has 1 aromatic rings. The van der Waals surface area contributed by atoms with E-state index in [1.165, 1.54) is 5.69 Å². The van der Waals surface area contributed by atoms with E-state index in [1.807, 2.05) is 12.1 Å². The van der Waals surface area contributed by atoms with E-state index in [1.54, 1.807) is 6.21 Å². The van der Waals surface area contributed by atoms with Crippen LogP contribution in [0, 0.1) is 0 Å². The summed E-state index contributed by atoms with van der Waals surface area (Å²) in [6.45, 7) is 6.30. The molecule has 0 aromatic heterocycles. The molecule has 5 nitrogen and oxygen atoms in total. The number of hydrazone groups is 1. The van der Waals surface area contributed by atoms with Gasteiger partial charge in [0.15, 0.2) is 0 Å². The number of nitrogens with one attached hydrogen (secondary N) is 1. The van der Waals surface area contributed by atoms with Crippen molar-refractivity contribution in [3.05, 3.63) is 29.8 Å². The Hall–Kier alpha value is -2.04. The van der Waals surface area contributed by atoms with Crippen LogP contribution in [-0.4, -0.2) is 25.3 Å². The molecule has 0 saturated carbocycles. The number of nitrogens with two attached hydrogens (primary N) is 2. The van der Waals surface area contributed by atoms with Crippen molar-refractivity contribution < 1.29 is 5.10 Å². The van der Waals surface area contributed by atoms with Gasteiger partial charge in [0.25, 0.3) is 5.96 Å². The molecule has 0 heterocycles. The van der Waals surface area contributed by atoms with E-state index in [0.717, 1.165) is 18.7 Å². The van der Waals surface area contributed by atoms with Crippen molar-refractivity contribution in [2.75, 3.05) is 18.0 Å². The summed E-state index contributed by atoms with van der Waals surface area (Å²) >= 11 is 0. The lowest BCUT2D eigenvalue weighted by atomic mass is 10.2. The van der Waals surface area contributed by atoms with Gasteiger partial charge in [-0.15, -0.1) is 5.10 Å². The smallest absolute Gasteiger partial charge is 0.256 e. The lowest BCUT2D eigenvalue weighted by Gasteiger charge is -2.20. The average Bonchev–Trinajstić information content (AvgIpc) is 2.32. The van der Waals surface area contributed by atoms with Crippen LogP contribution < -0.4 is 21.5 Å². The van der Waals surface area contributed by atoms with E-state index in [9.17, 15) is 0 Å². The number of nitrogens with zero attached hydrogens (tertiary/aromatic N) is 2. The Morgan fingerprint density at radius 3 is 2.29 bits per heavy atom. The average molecular weight is 234 g/mol. The Labute approximate surface area is 102 Å². The summed E-state index contributed by atoms with van der Waals surface area (Å²) in [7, 11) is 0. The van der Waals surface area contributed by atoms with Crippen LogP contribution >= 0.6 is 0 Å². The molecule has 0 bridgehead atoms. The lowest BCUT2D eigenvalue weighted by Crippen LogP contribution is -2.63. The van der Waals surface area contributed by atoms with Gasteiger partial charge in [-0.05, 0) is 38.1 Å². The Bertz CT molecular complexity index is 386. The SMILES string of the molecule is CCN(CC)c1ccc(/C=[NH+]/N=C(N)N)cc1. The van der Waals surface area contributed by atoms with Gasteiger partial charge in [0.2, 0.25) is 6.21 Å². The van der Waals surface area contributed by atoms with Gasteiger partial charge in [0, 0.05) is 29.4 Å². The predicted octanol–water partition coefficient (Wildman–Crippen LogP) is -0.779. The van der Waals surface area contributed by atoms with Crippen molar-refractivity contribution in [3.8, 4) is 0 Å². The normalized spacial score (nSPS) is 10.5. The number of rotatable bonds is 5. The summed E-state index contributed by atoms with van der Waals surface area (Å²) in [5.74, 6) is 0.0148. The van der Waals surface area contributed by atoms with Crippen LogP contribution in [0.5, 0.6) is 0 Å². The van der Waals surface area contributed by atoms with Crippen LogP contribution in [0.4, 0.5) is 5.69 Å². The van der Waals surface area contributed by atoms with Gasteiger partial charge in [-0.25, -0.2) is 0 Å². The minimum Gasteiger partial charge on any atom is -0.372 e. The number of hydrogen-bond donors (Lipinski definition) is 3. The summed E-state index contributed by atoms with van der Waals surface area (Å²) < 4.78 is 0. The van der Waals surface area contributed by atoms with E-state index in [4.69, 9.17) is 11.5 Å². The fraction of sp³-hybridized carbons (Fsp3) is 0.333. The van der Waals surface area contributed by atoms with Crippen molar-refractivity contribution in [2.24, 2.45) is 16.6 Å². The van der Waals surface area contributed by atoms with Crippen LogP contribution in [0.3, 0.4) is 0 Å². The maximum atomic E-state index is 5.20. The van der Waals surface area contributed by atoms with Gasteiger partial charge >= 0.3 is 0 Å². The second-order valence-corrected chi connectivity index (χ2v) is 3.57. The third-order valence-electron chi connectivity index (χ3n) is 2.45. The number of benzene rings is 1.